The van der Waals surface area contributed by atoms with Gasteiger partial charge in [0.1, 0.15) is 0 Å². The van der Waals surface area contributed by atoms with Crippen LogP contribution in [0.1, 0.15) is 60.3 Å². The lowest BCUT2D eigenvalue weighted by Gasteiger charge is -2.35. The van der Waals surface area contributed by atoms with Crippen LogP contribution in [-0.2, 0) is 0 Å². The van der Waals surface area contributed by atoms with E-state index in [1.165, 1.54) is 32.2 Å². The van der Waals surface area contributed by atoms with Crippen LogP contribution < -0.4 is 5.32 Å². The molecule has 1 rings (SSSR count). The highest BCUT2D eigenvalue weighted by molar-refractivity contribution is 4.79. The van der Waals surface area contributed by atoms with E-state index >= 15 is 0 Å². The molecule has 2 heteroatoms. The molecule has 0 aromatic carbocycles. The number of nitrogens with one attached hydrogen (secondary N) is 1. The minimum Gasteiger partial charge on any atom is -0.312 e. The lowest BCUT2D eigenvalue weighted by atomic mass is 10.1. The summed E-state index contributed by atoms with van der Waals surface area (Å²) in [6.07, 6.45) is 5.62. The van der Waals surface area contributed by atoms with E-state index < -0.39 is 0 Å². The molecule has 1 saturated carbocycles. The van der Waals surface area contributed by atoms with Gasteiger partial charge in [0.15, 0.2) is 0 Å². The standard InChI is InChI=1S/C15H32N2/c1-12(2)11-17(13(3)4)14(5)10-16-15-8-6-7-9-15/h12-16H,6-11H2,1-5H3. The van der Waals surface area contributed by atoms with Gasteiger partial charge in [-0.1, -0.05) is 26.7 Å². The fourth-order valence-electron chi connectivity index (χ4n) is 2.91. The van der Waals surface area contributed by atoms with E-state index in [1.807, 2.05) is 0 Å². The zero-order valence-electron chi connectivity index (χ0n) is 12.5. The Morgan fingerprint density at radius 1 is 1.06 bits per heavy atom. The molecule has 0 heterocycles. The second-order valence-corrected chi connectivity index (χ2v) is 6.42. The third kappa shape index (κ3) is 5.39. The van der Waals surface area contributed by atoms with Crippen molar-refractivity contribution < 1.29 is 0 Å². The van der Waals surface area contributed by atoms with Crippen molar-refractivity contribution in [1.82, 2.24) is 10.2 Å². The Balaban J connectivity index is 2.32. The predicted molar refractivity (Wildman–Crippen MR) is 76.4 cm³/mol. The molecule has 0 saturated heterocycles. The van der Waals surface area contributed by atoms with Crippen molar-refractivity contribution >= 4 is 0 Å². The van der Waals surface area contributed by atoms with Crippen molar-refractivity contribution in [3.63, 3.8) is 0 Å². The number of nitrogens with zero attached hydrogens (tertiary/aromatic N) is 1. The van der Waals surface area contributed by atoms with Crippen LogP contribution in [0.5, 0.6) is 0 Å². The quantitative estimate of drug-likeness (QED) is 0.735. The number of hydrogen-bond acceptors (Lipinski definition) is 2. The summed E-state index contributed by atoms with van der Waals surface area (Å²) in [4.78, 5) is 2.63. The first-order valence-electron chi connectivity index (χ1n) is 7.49. The molecule has 0 amide bonds. The molecule has 2 nitrogen and oxygen atoms in total. The minimum atomic E-state index is 0.651. The van der Waals surface area contributed by atoms with Crippen LogP contribution in [0.2, 0.25) is 0 Å². The van der Waals surface area contributed by atoms with E-state index in [1.54, 1.807) is 0 Å². The Bertz CT molecular complexity index is 195. The molecule has 1 aliphatic carbocycles. The summed E-state index contributed by atoms with van der Waals surface area (Å²) in [5, 5.41) is 3.75. The van der Waals surface area contributed by atoms with Crippen LogP contribution in [0.4, 0.5) is 0 Å². The van der Waals surface area contributed by atoms with Crippen LogP contribution in [0.3, 0.4) is 0 Å². The van der Waals surface area contributed by atoms with Crippen molar-refractivity contribution in [3.05, 3.63) is 0 Å². The van der Waals surface area contributed by atoms with Gasteiger partial charge >= 0.3 is 0 Å². The molecule has 102 valence electrons. The maximum Gasteiger partial charge on any atom is 0.0195 e. The number of hydrogen-bond donors (Lipinski definition) is 1. The van der Waals surface area contributed by atoms with Crippen LogP contribution >= 0.6 is 0 Å². The van der Waals surface area contributed by atoms with Gasteiger partial charge in [0.05, 0.1) is 0 Å². The minimum absolute atomic E-state index is 0.651. The Morgan fingerprint density at radius 2 is 1.65 bits per heavy atom. The van der Waals surface area contributed by atoms with Crippen LogP contribution in [0, 0.1) is 5.92 Å². The molecule has 0 spiro atoms. The average Bonchev–Trinajstić information content (AvgIpc) is 2.74. The summed E-state index contributed by atoms with van der Waals surface area (Å²) >= 11 is 0. The van der Waals surface area contributed by atoms with E-state index in [4.69, 9.17) is 0 Å². The van der Waals surface area contributed by atoms with Gasteiger partial charge < -0.3 is 5.32 Å². The average molecular weight is 240 g/mol. The molecule has 1 fully saturated rings. The molecular weight excluding hydrogens is 208 g/mol. The Hall–Kier alpha value is -0.0800. The largest absolute Gasteiger partial charge is 0.312 e. The van der Waals surface area contributed by atoms with E-state index in [9.17, 15) is 0 Å². The van der Waals surface area contributed by atoms with Gasteiger partial charge in [-0.3, -0.25) is 4.90 Å². The molecule has 1 atom stereocenters. The fraction of sp³-hybridized carbons (Fsp3) is 1.00. The van der Waals surface area contributed by atoms with Crippen LogP contribution in [0.25, 0.3) is 0 Å². The van der Waals surface area contributed by atoms with Gasteiger partial charge in [-0.05, 0) is 39.5 Å². The van der Waals surface area contributed by atoms with E-state index in [2.05, 4.69) is 44.8 Å². The summed E-state index contributed by atoms with van der Waals surface area (Å²) in [5.74, 6) is 0.756. The third-order valence-corrected chi connectivity index (χ3v) is 3.86. The van der Waals surface area contributed by atoms with Crippen molar-refractivity contribution in [2.75, 3.05) is 13.1 Å². The molecule has 0 aromatic heterocycles. The third-order valence-electron chi connectivity index (χ3n) is 3.86. The normalized spacial score (nSPS) is 19.8. The predicted octanol–water partition coefficient (Wildman–Crippen LogP) is 3.27. The van der Waals surface area contributed by atoms with Gasteiger partial charge in [0.2, 0.25) is 0 Å². The van der Waals surface area contributed by atoms with E-state index in [-0.39, 0.29) is 0 Å². The molecule has 0 bridgehead atoms. The maximum atomic E-state index is 3.75. The highest BCUT2D eigenvalue weighted by atomic mass is 15.2. The van der Waals surface area contributed by atoms with Gasteiger partial charge in [-0.2, -0.15) is 0 Å². The molecule has 1 aliphatic rings. The zero-order valence-corrected chi connectivity index (χ0v) is 12.5. The topological polar surface area (TPSA) is 15.3 Å². The van der Waals surface area contributed by atoms with Crippen LogP contribution in [0.15, 0.2) is 0 Å². The molecule has 0 radical (unpaired) electrons. The SMILES string of the molecule is CC(C)CN(C(C)C)C(C)CNC1CCCC1. The summed E-state index contributed by atoms with van der Waals surface area (Å²) < 4.78 is 0. The van der Waals surface area contributed by atoms with E-state index in [0.717, 1.165) is 18.5 Å². The summed E-state index contributed by atoms with van der Waals surface area (Å²) in [7, 11) is 0. The highest BCUT2D eigenvalue weighted by Crippen LogP contribution is 2.18. The first-order valence-corrected chi connectivity index (χ1v) is 7.49. The van der Waals surface area contributed by atoms with E-state index in [0.29, 0.717) is 12.1 Å². The fourth-order valence-corrected chi connectivity index (χ4v) is 2.91. The van der Waals surface area contributed by atoms with Crippen molar-refractivity contribution in [3.8, 4) is 0 Å². The lowest BCUT2D eigenvalue weighted by molar-refractivity contribution is 0.140. The van der Waals surface area contributed by atoms with Gasteiger partial charge in [0.25, 0.3) is 0 Å². The van der Waals surface area contributed by atoms with Crippen molar-refractivity contribution in [1.29, 1.82) is 0 Å². The first kappa shape index (κ1) is 15.0. The van der Waals surface area contributed by atoms with Gasteiger partial charge in [-0.15, -0.1) is 0 Å². The van der Waals surface area contributed by atoms with Crippen LogP contribution in [-0.4, -0.2) is 36.1 Å². The molecule has 1 N–H and O–H groups in total. The molecule has 0 aromatic rings. The zero-order chi connectivity index (χ0) is 12.8. The number of rotatable bonds is 7. The van der Waals surface area contributed by atoms with Crippen molar-refractivity contribution in [2.45, 2.75) is 78.4 Å². The highest BCUT2D eigenvalue weighted by Gasteiger charge is 2.20. The molecular formula is C15H32N2. The first-order chi connectivity index (χ1) is 8.00. The Morgan fingerprint density at radius 3 is 2.12 bits per heavy atom. The van der Waals surface area contributed by atoms with Crippen molar-refractivity contribution in [2.24, 2.45) is 5.92 Å². The van der Waals surface area contributed by atoms with Gasteiger partial charge in [0, 0.05) is 31.2 Å². The lowest BCUT2D eigenvalue weighted by Crippen LogP contribution is -2.47. The summed E-state index contributed by atoms with van der Waals surface area (Å²) in [6, 6.07) is 2.10. The Kier molecular flexibility index (Phi) is 6.50. The molecule has 17 heavy (non-hydrogen) atoms. The maximum absolute atomic E-state index is 3.75. The summed E-state index contributed by atoms with van der Waals surface area (Å²) in [6.45, 7) is 14.0. The Labute approximate surface area is 108 Å². The smallest absolute Gasteiger partial charge is 0.0195 e. The van der Waals surface area contributed by atoms with Gasteiger partial charge in [-0.25, -0.2) is 0 Å². The second-order valence-electron chi connectivity index (χ2n) is 6.42. The second kappa shape index (κ2) is 7.38. The summed E-state index contributed by atoms with van der Waals surface area (Å²) in [5.41, 5.74) is 0. The monoisotopic (exact) mass is 240 g/mol. The molecule has 0 aliphatic heterocycles. The molecule has 1 unspecified atom stereocenters.